The standard InChI is InChI=1S/C24H29N3O3S2/c1-5-27(6-2)32(29,30)20-12-10-19(11-13-20)25-22(28)14-15-31-23-16-18(4)21-9-7-8-17(3)24(21)26-23/h7-13,16H,5-6,14-15H2,1-4H3,(H,25,28). The molecule has 0 spiro atoms. The molecule has 32 heavy (non-hydrogen) atoms. The van der Waals surface area contributed by atoms with E-state index in [9.17, 15) is 13.2 Å². The number of nitrogens with zero attached hydrogens (tertiary/aromatic N) is 2. The predicted molar refractivity (Wildman–Crippen MR) is 132 cm³/mol. The Kier molecular flexibility index (Phi) is 7.92. The Morgan fingerprint density at radius 2 is 1.72 bits per heavy atom. The van der Waals surface area contributed by atoms with Gasteiger partial charge in [-0.05, 0) is 55.3 Å². The first-order valence-electron chi connectivity index (χ1n) is 10.7. The summed E-state index contributed by atoms with van der Waals surface area (Å²) in [7, 11) is -3.50. The number of rotatable bonds is 9. The highest BCUT2D eigenvalue weighted by atomic mass is 32.2. The number of sulfonamides is 1. The molecule has 0 unspecified atom stereocenters. The minimum atomic E-state index is -3.50. The molecule has 8 heteroatoms. The molecular weight excluding hydrogens is 442 g/mol. The van der Waals surface area contributed by atoms with Gasteiger partial charge in [-0.15, -0.1) is 11.8 Å². The van der Waals surface area contributed by atoms with Gasteiger partial charge in [0.25, 0.3) is 0 Å². The van der Waals surface area contributed by atoms with E-state index in [4.69, 9.17) is 4.98 Å². The third-order valence-electron chi connectivity index (χ3n) is 5.28. The molecule has 170 valence electrons. The van der Waals surface area contributed by atoms with Crippen LogP contribution in [0.15, 0.2) is 58.5 Å². The van der Waals surface area contributed by atoms with Gasteiger partial charge < -0.3 is 5.32 Å². The van der Waals surface area contributed by atoms with Crippen molar-refractivity contribution in [3.63, 3.8) is 0 Å². The van der Waals surface area contributed by atoms with Crippen molar-refractivity contribution in [2.24, 2.45) is 0 Å². The first-order valence-corrected chi connectivity index (χ1v) is 13.1. The summed E-state index contributed by atoms with van der Waals surface area (Å²) < 4.78 is 26.5. The number of nitrogens with one attached hydrogen (secondary N) is 1. The van der Waals surface area contributed by atoms with Crippen LogP contribution in [0, 0.1) is 13.8 Å². The number of anilines is 1. The van der Waals surface area contributed by atoms with Crippen LogP contribution in [0.2, 0.25) is 0 Å². The van der Waals surface area contributed by atoms with Gasteiger partial charge in [0.15, 0.2) is 0 Å². The summed E-state index contributed by atoms with van der Waals surface area (Å²) in [6.07, 6.45) is 0.330. The maximum absolute atomic E-state index is 12.6. The van der Waals surface area contributed by atoms with E-state index in [0.29, 0.717) is 31.0 Å². The molecule has 0 aliphatic rings. The molecule has 0 bridgehead atoms. The Morgan fingerprint density at radius 1 is 1.03 bits per heavy atom. The van der Waals surface area contributed by atoms with Gasteiger partial charge in [0.2, 0.25) is 15.9 Å². The number of thioether (sulfide) groups is 1. The molecule has 0 fully saturated rings. The van der Waals surface area contributed by atoms with E-state index >= 15 is 0 Å². The van der Waals surface area contributed by atoms with E-state index < -0.39 is 10.0 Å². The van der Waals surface area contributed by atoms with Crippen molar-refractivity contribution in [2.45, 2.75) is 44.0 Å². The Bertz CT molecular complexity index is 1210. The lowest BCUT2D eigenvalue weighted by Crippen LogP contribution is -2.30. The van der Waals surface area contributed by atoms with Crippen LogP contribution in [0.25, 0.3) is 10.9 Å². The molecule has 0 saturated heterocycles. The smallest absolute Gasteiger partial charge is 0.243 e. The molecule has 1 aromatic heterocycles. The molecule has 0 atom stereocenters. The van der Waals surface area contributed by atoms with Gasteiger partial charge in [-0.3, -0.25) is 4.79 Å². The molecule has 3 rings (SSSR count). The quantitative estimate of drug-likeness (QED) is 0.444. The Balaban J connectivity index is 1.58. The maximum Gasteiger partial charge on any atom is 0.243 e. The van der Waals surface area contributed by atoms with Crippen LogP contribution in [-0.2, 0) is 14.8 Å². The average Bonchev–Trinajstić information content (AvgIpc) is 2.75. The minimum Gasteiger partial charge on any atom is -0.326 e. The summed E-state index contributed by atoms with van der Waals surface area (Å²) in [5, 5.41) is 4.89. The first-order chi connectivity index (χ1) is 15.3. The van der Waals surface area contributed by atoms with E-state index in [1.807, 2.05) is 19.9 Å². The molecule has 6 nitrogen and oxygen atoms in total. The molecule has 0 aliphatic carbocycles. The van der Waals surface area contributed by atoms with Gasteiger partial charge in [-0.1, -0.05) is 32.0 Å². The van der Waals surface area contributed by atoms with Gasteiger partial charge in [0, 0.05) is 36.3 Å². The SMILES string of the molecule is CCN(CC)S(=O)(=O)c1ccc(NC(=O)CCSc2cc(C)c3cccc(C)c3n2)cc1. The van der Waals surface area contributed by atoms with Crippen molar-refractivity contribution in [1.82, 2.24) is 9.29 Å². The highest BCUT2D eigenvalue weighted by Gasteiger charge is 2.21. The van der Waals surface area contributed by atoms with Crippen LogP contribution >= 0.6 is 11.8 Å². The molecule has 1 heterocycles. The number of carbonyl (C=O) groups is 1. The molecule has 0 radical (unpaired) electrons. The zero-order valence-corrected chi connectivity index (χ0v) is 20.5. The molecule has 0 saturated carbocycles. The lowest BCUT2D eigenvalue weighted by molar-refractivity contribution is -0.115. The largest absolute Gasteiger partial charge is 0.326 e. The third-order valence-corrected chi connectivity index (χ3v) is 8.26. The zero-order valence-electron chi connectivity index (χ0n) is 18.9. The fourth-order valence-electron chi connectivity index (χ4n) is 3.50. The Morgan fingerprint density at radius 3 is 2.38 bits per heavy atom. The zero-order chi connectivity index (χ0) is 23.3. The van der Waals surface area contributed by atoms with Crippen molar-refractivity contribution in [2.75, 3.05) is 24.2 Å². The fraction of sp³-hybridized carbons (Fsp3) is 0.333. The van der Waals surface area contributed by atoms with Crippen LogP contribution in [-0.4, -0.2) is 42.5 Å². The summed E-state index contributed by atoms with van der Waals surface area (Å²) in [5.41, 5.74) is 3.88. The van der Waals surface area contributed by atoms with Gasteiger partial charge in [-0.25, -0.2) is 13.4 Å². The number of aromatic nitrogens is 1. The number of hydrogen-bond acceptors (Lipinski definition) is 5. The van der Waals surface area contributed by atoms with E-state index in [0.717, 1.165) is 21.5 Å². The van der Waals surface area contributed by atoms with Crippen molar-refractivity contribution >= 4 is 44.3 Å². The second-order valence-corrected chi connectivity index (χ2v) is 10.6. The second kappa shape index (κ2) is 10.5. The monoisotopic (exact) mass is 471 g/mol. The van der Waals surface area contributed by atoms with E-state index in [2.05, 4.69) is 37.4 Å². The number of para-hydroxylation sites is 1. The number of pyridine rings is 1. The van der Waals surface area contributed by atoms with Crippen molar-refractivity contribution in [3.05, 3.63) is 59.7 Å². The molecule has 3 aromatic rings. The van der Waals surface area contributed by atoms with E-state index in [-0.39, 0.29) is 10.8 Å². The van der Waals surface area contributed by atoms with Gasteiger partial charge in [0.1, 0.15) is 0 Å². The van der Waals surface area contributed by atoms with Crippen molar-refractivity contribution < 1.29 is 13.2 Å². The average molecular weight is 472 g/mol. The number of carbonyl (C=O) groups excluding carboxylic acids is 1. The van der Waals surface area contributed by atoms with E-state index in [1.54, 1.807) is 23.9 Å². The number of aryl methyl sites for hydroxylation is 2. The van der Waals surface area contributed by atoms with Crippen molar-refractivity contribution in [1.29, 1.82) is 0 Å². The first kappa shape index (κ1) is 24.2. The van der Waals surface area contributed by atoms with E-state index in [1.165, 1.54) is 22.0 Å². The lowest BCUT2D eigenvalue weighted by atomic mass is 10.1. The fourth-order valence-corrected chi connectivity index (χ4v) is 5.87. The number of benzene rings is 2. The van der Waals surface area contributed by atoms with Crippen molar-refractivity contribution in [3.8, 4) is 0 Å². The summed E-state index contributed by atoms with van der Waals surface area (Å²) >= 11 is 1.55. The van der Waals surface area contributed by atoms with Crippen LogP contribution in [0.1, 0.15) is 31.4 Å². The molecule has 0 aliphatic heterocycles. The van der Waals surface area contributed by atoms with Crippen LogP contribution in [0.4, 0.5) is 5.69 Å². The maximum atomic E-state index is 12.6. The summed E-state index contributed by atoms with van der Waals surface area (Å²) in [6, 6.07) is 14.5. The van der Waals surface area contributed by atoms with Crippen LogP contribution < -0.4 is 5.32 Å². The van der Waals surface area contributed by atoms with Gasteiger partial charge >= 0.3 is 0 Å². The third kappa shape index (κ3) is 5.49. The Hall–Kier alpha value is -2.42. The number of amides is 1. The Labute approximate surface area is 194 Å². The normalized spacial score (nSPS) is 11.8. The van der Waals surface area contributed by atoms with Gasteiger partial charge in [-0.2, -0.15) is 4.31 Å². The number of fused-ring (bicyclic) bond motifs is 1. The van der Waals surface area contributed by atoms with Crippen LogP contribution in [0.5, 0.6) is 0 Å². The summed E-state index contributed by atoms with van der Waals surface area (Å²) in [6.45, 7) is 8.58. The molecule has 2 aromatic carbocycles. The molecule has 1 amide bonds. The minimum absolute atomic E-state index is 0.120. The second-order valence-electron chi connectivity index (χ2n) is 7.51. The summed E-state index contributed by atoms with van der Waals surface area (Å²) in [4.78, 5) is 17.3. The van der Waals surface area contributed by atoms with Crippen LogP contribution in [0.3, 0.4) is 0 Å². The highest BCUT2D eigenvalue weighted by molar-refractivity contribution is 7.99. The topological polar surface area (TPSA) is 79.4 Å². The molecular formula is C24H29N3O3S2. The van der Waals surface area contributed by atoms with Gasteiger partial charge in [0.05, 0.1) is 15.4 Å². The number of hydrogen-bond donors (Lipinski definition) is 1. The predicted octanol–water partition coefficient (Wildman–Crippen LogP) is 5.00. The molecule has 1 N–H and O–H groups in total. The summed E-state index contributed by atoms with van der Waals surface area (Å²) in [5.74, 6) is 0.481. The highest BCUT2D eigenvalue weighted by Crippen LogP contribution is 2.26. The lowest BCUT2D eigenvalue weighted by Gasteiger charge is -2.18.